The highest BCUT2D eigenvalue weighted by Crippen LogP contribution is 2.32. The lowest BCUT2D eigenvalue weighted by Gasteiger charge is -2.17. The highest BCUT2D eigenvalue weighted by molar-refractivity contribution is 5.93. The largest absolute Gasteiger partial charge is 0.513 e. The standard InChI is InChI=1S/C54H54O20/c1-3-45(55)63-29-9-5-7-11-31-65-53(61)71-41-25-17-35(18-26-41)49(57)69-39-21-13-37(14-22-39)51(59)73-43-33-67-48-44(34-68-47(43)48)74-52(60)38-15-23-40(24-16-38)70-50(58)36-19-27-42(28-20-36)72-54(62)66-32-12-8-6-10-30-64-46(56)4-2/h3-4,13-28,43-44,47-48H,1-2,5-12,29-34H2/t43-,44+,47?,48?. The van der Waals surface area contributed by atoms with E-state index in [-0.39, 0.29) is 71.7 Å². The van der Waals surface area contributed by atoms with Crippen molar-refractivity contribution >= 4 is 48.1 Å². The molecule has 0 radical (unpaired) electrons. The van der Waals surface area contributed by atoms with Crippen molar-refractivity contribution in [1.82, 2.24) is 0 Å². The van der Waals surface area contributed by atoms with Gasteiger partial charge in [0.05, 0.1) is 61.9 Å². The Morgan fingerprint density at radius 2 is 0.676 bits per heavy atom. The molecule has 2 fully saturated rings. The predicted molar refractivity (Wildman–Crippen MR) is 257 cm³/mol. The van der Waals surface area contributed by atoms with Crippen LogP contribution in [0.4, 0.5) is 9.59 Å². The lowest BCUT2D eigenvalue weighted by Crippen LogP contribution is -2.36. The normalized spacial score (nSPS) is 16.3. The summed E-state index contributed by atoms with van der Waals surface area (Å²) < 4.78 is 64.2. The molecule has 6 rings (SSSR count). The first-order valence-electron chi connectivity index (χ1n) is 23.7. The summed E-state index contributed by atoms with van der Waals surface area (Å²) in [6.07, 6.45) is 3.03. The number of carbonyl (C=O) groups is 8. The minimum Gasteiger partial charge on any atom is -0.463 e. The average molecular weight is 1020 g/mol. The Hall–Kier alpha value is -8.36. The molecule has 0 bridgehead atoms. The third-order valence-corrected chi connectivity index (χ3v) is 11.0. The summed E-state index contributed by atoms with van der Waals surface area (Å²) in [5.74, 6) is -3.10. The van der Waals surface area contributed by atoms with Gasteiger partial charge in [-0.25, -0.2) is 38.4 Å². The van der Waals surface area contributed by atoms with Crippen LogP contribution in [0.5, 0.6) is 23.0 Å². The van der Waals surface area contributed by atoms with Crippen molar-refractivity contribution < 1.29 is 95.2 Å². The van der Waals surface area contributed by atoms with Gasteiger partial charge in [0.1, 0.15) is 35.2 Å². The third kappa shape index (κ3) is 17.4. The summed E-state index contributed by atoms with van der Waals surface area (Å²) in [6.45, 7) is 7.52. The maximum absolute atomic E-state index is 13.1. The quantitative estimate of drug-likeness (QED) is 0.0143. The molecule has 4 atom stereocenters. The number of benzene rings is 4. The molecular formula is C54H54O20. The second kappa shape index (κ2) is 28.6. The third-order valence-electron chi connectivity index (χ3n) is 11.0. The molecule has 2 aliphatic heterocycles. The minimum atomic E-state index is -0.896. The number of ether oxygens (including phenoxy) is 12. The Morgan fingerprint density at radius 1 is 0.392 bits per heavy atom. The fraction of sp³-hybridized carbons (Fsp3) is 0.333. The number of rotatable bonds is 26. The fourth-order valence-electron chi connectivity index (χ4n) is 7.15. The number of fused-ring (bicyclic) bond motifs is 1. The summed E-state index contributed by atoms with van der Waals surface area (Å²) in [5.41, 5.74) is 0.656. The number of hydrogen-bond acceptors (Lipinski definition) is 20. The van der Waals surface area contributed by atoms with Crippen LogP contribution in [-0.4, -0.2) is 112 Å². The van der Waals surface area contributed by atoms with Crippen LogP contribution in [0, 0.1) is 0 Å². The monoisotopic (exact) mass is 1020 g/mol. The van der Waals surface area contributed by atoms with Crippen molar-refractivity contribution in [2.24, 2.45) is 0 Å². The van der Waals surface area contributed by atoms with Gasteiger partial charge in [0.15, 0.2) is 12.2 Å². The summed E-state index contributed by atoms with van der Waals surface area (Å²) in [6, 6.07) is 22.7. The maximum Gasteiger partial charge on any atom is 0.513 e. The number of unbranched alkanes of at least 4 members (excludes halogenated alkanes) is 6. The Morgan fingerprint density at radius 3 is 0.986 bits per heavy atom. The molecule has 0 saturated carbocycles. The van der Waals surface area contributed by atoms with Crippen molar-refractivity contribution in [2.45, 2.75) is 75.8 Å². The molecule has 2 heterocycles. The van der Waals surface area contributed by atoms with Crippen LogP contribution >= 0.6 is 0 Å². The van der Waals surface area contributed by atoms with E-state index in [1.54, 1.807) is 0 Å². The zero-order valence-corrected chi connectivity index (χ0v) is 40.2. The summed E-state index contributed by atoms with van der Waals surface area (Å²) in [7, 11) is 0. The summed E-state index contributed by atoms with van der Waals surface area (Å²) in [4.78, 5) is 98.0. The fourth-order valence-corrected chi connectivity index (χ4v) is 7.15. The van der Waals surface area contributed by atoms with E-state index < -0.39 is 72.5 Å². The molecular weight excluding hydrogens is 969 g/mol. The first kappa shape index (κ1) is 55.0. The van der Waals surface area contributed by atoms with Crippen LogP contribution in [0.25, 0.3) is 0 Å². The maximum atomic E-state index is 13.1. The Kier molecular flexibility index (Phi) is 21.3. The van der Waals surface area contributed by atoms with Crippen LogP contribution in [-0.2, 0) is 47.5 Å². The van der Waals surface area contributed by atoms with E-state index in [2.05, 4.69) is 13.2 Å². The van der Waals surface area contributed by atoms with E-state index in [0.717, 1.165) is 37.8 Å². The van der Waals surface area contributed by atoms with E-state index >= 15 is 0 Å². The van der Waals surface area contributed by atoms with Gasteiger partial charge in [-0.05, 0) is 148 Å². The van der Waals surface area contributed by atoms with Crippen LogP contribution in [0.2, 0.25) is 0 Å². The second-order valence-corrected chi connectivity index (χ2v) is 16.3. The van der Waals surface area contributed by atoms with Crippen LogP contribution in [0.3, 0.4) is 0 Å². The van der Waals surface area contributed by atoms with Gasteiger partial charge in [-0.2, -0.15) is 0 Å². The zero-order valence-electron chi connectivity index (χ0n) is 40.2. The molecule has 0 N–H and O–H groups in total. The smallest absolute Gasteiger partial charge is 0.463 e. The molecule has 20 heteroatoms. The second-order valence-electron chi connectivity index (χ2n) is 16.3. The predicted octanol–water partition coefficient (Wildman–Crippen LogP) is 8.28. The SMILES string of the molecule is C=CC(=O)OCCCCCCOC(=O)Oc1ccc(C(=O)Oc2ccc(C(=O)O[C@H]3COC4C3OC[C@H]4OC(=O)c3ccc(OC(=O)c4ccc(OC(=O)OCCCCCCOC(=O)C=C)cc4)cc3)cc2)cc1. The van der Waals surface area contributed by atoms with Crippen molar-refractivity contribution in [1.29, 1.82) is 0 Å². The Balaban J connectivity index is 0.853. The van der Waals surface area contributed by atoms with E-state index in [4.69, 9.17) is 56.8 Å². The van der Waals surface area contributed by atoms with Crippen LogP contribution in [0.1, 0.15) is 92.8 Å². The highest BCUT2D eigenvalue weighted by Gasteiger charge is 2.51. The van der Waals surface area contributed by atoms with Gasteiger partial charge in [-0.1, -0.05) is 13.2 Å². The van der Waals surface area contributed by atoms with E-state index in [9.17, 15) is 38.4 Å². The summed E-state index contributed by atoms with van der Waals surface area (Å²) >= 11 is 0. The van der Waals surface area contributed by atoms with Crippen molar-refractivity contribution in [3.63, 3.8) is 0 Å². The lowest BCUT2D eigenvalue weighted by atomic mass is 10.1. The molecule has 4 aromatic rings. The van der Waals surface area contributed by atoms with E-state index in [1.807, 2.05) is 0 Å². The van der Waals surface area contributed by atoms with Crippen molar-refractivity contribution in [2.75, 3.05) is 39.6 Å². The first-order chi connectivity index (χ1) is 35.9. The molecule has 0 aromatic heterocycles. The van der Waals surface area contributed by atoms with Gasteiger partial charge in [-0.15, -0.1) is 0 Å². The van der Waals surface area contributed by atoms with E-state index in [0.29, 0.717) is 38.9 Å². The van der Waals surface area contributed by atoms with Gasteiger partial charge >= 0.3 is 48.1 Å². The molecule has 2 aliphatic rings. The first-order valence-corrected chi connectivity index (χ1v) is 23.7. The number of carbonyl (C=O) groups excluding carboxylic acids is 8. The van der Waals surface area contributed by atoms with Crippen molar-refractivity contribution in [3.8, 4) is 23.0 Å². The number of hydrogen-bond donors (Lipinski definition) is 0. The Bertz CT molecular complexity index is 2390. The zero-order chi connectivity index (χ0) is 52.7. The van der Waals surface area contributed by atoms with Gasteiger partial charge < -0.3 is 56.8 Å². The molecule has 390 valence electrons. The molecule has 2 unspecified atom stereocenters. The van der Waals surface area contributed by atoms with Crippen molar-refractivity contribution in [3.05, 3.63) is 145 Å². The molecule has 4 aromatic carbocycles. The molecule has 2 saturated heterocycles. The average Bonchev–Trinajstić information content (AvgIpc) is 4.00. The molecule has 20 nitrogen and oxygen atoms in total. The lowest BCUT2D eigenvalue weighted by molar-refractivity contribution is -0.138. The van der Waals surface area contributed by atoms with Gasteiger partial charge in [0.2, 0.25) is 0 Å². The van der Waals surface area contributed by atoms with E-state index in [1.165, 1.54) is 97.1 Å². The van der Waals surface area contributed by atoms with Gasteiger partial charge in [0, 0.05) is 12.2 Å². The molecule has 0 amide bonds. The van der Waals surface area contributed by atoms with Crippen LogP contribution in [0.15, 0.2) is 122 Å². The highest BCUT2D eigenvalue weighted by atomic mass is 16.7. The molecule has 0 aliphatic carbocycles. The minimum absolute atomic E-state index is 0.0152. The number of esters is 6. The molecule has 0 spiro atoms. The Labute approximate surface area is 425 Å². The van der Waals surface area contributed by atoms with Gasteiger partial charge in [0.25, 0.3) is 0 Å². The topological polar surface area (TPSA) is 247 Å². The summed E-state index contributed by atoms with van der Waals surface area (Å²) in [5, 5.41) is 0. The van der Waals surface area contributed by atoms with Gasteiger partial charge in [-0.3, -0.25) is 0 Å². The van der Waals surface area contributed by atoms with Crippen LogP contribution < -0.4 is 18.9 Å². The molecule has 74 heavy (non-hydrogen) atoms.